The van der Waals surface area contributed by atoms with Crippen LogP contribution in [0.4, 0.5) is 0 Å². The van der Waals surface area contributed by atoms with E-state index >= 15 is 0 Å². The normalized spacial score (nSPS) is 15.8. The zero-order chi connectivity index (χ0) is 19.3. The number of rotatable bonds is 9. The van der Waals surface area contributed by atoms with Crippen molar-refractivity contribution in [3.8, 4) is 0 Å². The fourth-order valence-corrected chi connectivity index (χ4v) is 4.07. The summed E-state index contributed by atoms with van der Waals surface area (Å²) < 4.78 is 0. The molecule has 1 fully saturated rings. The number of hydrogen-bond acceptors (Lipinski definition) is 6. The van der Waals surface area contributed by atoms with Gasteiger partial charge in [0.2, 0.25) is 11.8 Å². The highest BCUT2D eigenvalue weighted by Crippen LogP contribution is 2.51. The van der Waals surface area contributed by atoms with Gasteiger partial charge in [-0.1, -0.05) is 0 Å². The van der Waals surface area contributed by atoms with Crippen molar-refractivity contribution < 1.29 is 19.6 Å². The van der Waals surface area contributed by atoms with Crippen molar-refractivity contribution in [1.82, 2.24) is 20.7 Å². The Morgan fingerprint density at radius 2 is 2.08 bits per heavy atom. The molecule has 3 amide bonds. The van der Waals surface area contributed by atoms with Crippen LogP contribution in [0, 0.1) is 6.92 Å². The van der Waals surface area contributed by atoms with Crippen molar-refractivity contribution >= 4 is 29.1 Å². The fraction of sp³-hybridized carbons (Fsp3) is 0.647. The number of nitrogens with one attached hydrogen (secondary N) is 2. The molecule has 0 bridgehead atoms. The molecule has 1 aliphatic rings. The van der Waals surface area contributed by atoms with Gasteiger partial charge in [-0.2, -0.15) is 0 Å². The summed E-state index contributed by atoms with van der Waals surface area (Å²) in [6, 6.07) is -0.753. The smallest absolute Gasteiger partial charge is 0.266 e. The quantitative estimate of drug-likeness (QED) is 0.337. The summed E-state index contributed by atoms with van der Waals surface area (Å²) in [6.45, 7) is 3.87. The second kappa shape index (κ2) is 8.59. The molecule has 0 saturated heterocycles. The average Bonchev–Trinajstić information content (AvgIpc) is 3.31. The Morgan fingerprint density at radius 1 is 1.38 bits per heavy atom. The first kappa shape index (κ1) is 20.3. The number of unbranched alkanes of at least 4 members (excludes halogenated alkanes) is 1. The van der Waals surface area contributed by atoms with E-state index in [9.17, 15) is 14.4 Å². The van der Waals surface area contributed by atoms with Gasteiger partial charge in [0.1, 0.15) is 6.04 Å². The van der Waals surface area contributed by atoms with Crippen LogP contribution >= 0.6 is 11.3 Å². The van der Waals surface area contributed by atoms with E-state index in [-0.39, 0.29) is 11.8 Å². The molecular formula is C17H26N4O4S. The average molecular weight is 382 g/mol. The van der Waals surface area contributed by atoms with Crippen molar-refractivity contribution in [2.24, 2.45) is 0 Å². The van der Waals surface area contributed by atoms with Crippen LogP contribution in [0.3, 0.4) is 0 Å². The van der Waals surface area contributed by atoms with E-state index in [1.165, 1.54) is 23.2 Å². The van der Waals surface area contributed by atoms with Crippen LogP contribution in [-0.2, 0) is 19.8 Å². The van der Waals surface area contributed by atoms with Crippen molar-refractivity contribution in [3.63, 3.8) is 0 Å². The first-order chi connectivity index (χ1) is 12.3. The summed E-state index contributed by atoms with van der Waals surface area (Å²) in [5.74, 6) is -0.814. The second-order valence-electron chi connectivity index (χ2n) is 6.71. The molecule has 0 aromatic carbocycles. The summed E-state index contributed by atoms with van der Waals surface area (Å²) >= 11 is 1.51. The van der Waals surface area contributed by atoms with Gasteiger partial charge < -0.3 is 10.2 Å². The molecule has 0 unspecified atom stereocenters. The molecule has 1 saturated carbocycles. The number of carbonyl (C=O) groups excluding carboxylic acids is 3. The number of hydroxylamine groups is 1. The van der Waals surface area contributed by atoms with Gasteiger partial charge in [0.25, 0.3) is 5.91 Å². The molecule has 0 spiro atoms. The number of amides is 3. The lowest BCUT2D eigenvalue weighted by Gasteiger charge is -2.29. The molecule has 9 heteroatoms. The fourth-order valence-electron chi connectivity index (χ4n) is 3.05. The number of hydrogen-bond donors (Lipinski definition) is 3. The Labute approximate surface area is 156 Å². The lowest BCUT2D eigenvalue weighted by Crippen LogP contribution is -2.50. The van der Waals surface area contributed by atoms with Crippen molar-refractivity contribution in [2.45, 2.75) is 57.4 Å². The number of carbonyl (C=O) groups is 3. The minimum absolute atomic E-state index is 0.0996. The molecule has 1 heterocycles. The van der Waals surface area contributed by atoms with Gasteiger partial charge in [-0.25, -0.2) is 10.5 Å². The highest BCUT2D eigenvalue weighted by Gasteiger charge is 2.54. The molecule has 1 aliphatic carbocycles. The van der Waals surface area contributed by atoms with Gasteiger partial charge >= 0.3 is 0 Å². The van der Waals surface area contributed by atoms with Crippen LogP contribution in [0.1, 0.15) is 48.9 Å². The molecule has 1 aromatic heterocycles. The van der Waals surface area contributed by atoms with E-state index in [1.807, 2.05) is 6.92 Å². The van der Waals surface area contributed by atoms with Crippen molar-refractivity contribution in [1.29, 1.82) is 0 Å². The zero-order valence-electron chi connectivity index (χ0n) is 15.4. The Bertz CT molecular complexity index is 671. The Balaban J connectivity index is 2.01. The third kappa shape index (κ3) is 4.59. The number of aromatic nitrogens is 1. The van der Waals surface area contributed by atoms with Crippen molar-refractivity contribution in [3.05, 3.63) is 16.1 Å². The first-order valence-corrected chi connectivity index (χ1v) is 9.52. The highest BCUT2D eigenvalue weighted by atomic mass is 32.1. The van der Waals surface area contributed by atoms with Crippen LogP contribution < -0.4 is 10.8 Å². The Morgan fingerprint density at radius 3 is 2.58 bits per heavy atom. The monoisotopic (exact) mass is 382 g/mol. The molecular weight excluding hydrogens is 356 g/mol. The molecule has 1 aromatic rings. The maximum Gasteiger partial charge on any atom is 0.266 e. The minimum Gasteiger partial charge on any atom is -0.356 e. The van der Waals surface area contributed by atoms with E-state index in [2.05, 4.69) is 10.3 Å². The molecule has 0 radical (unpaired) electrons. The lowest BCUT2D eigenvalue weighted by atomic mass is 10.0. The molecule has 3 N–H and O–H groups in total. The number of aryl methyl sites for hydroxylation is 1. The van der Waals surface area contributed by atoms with Crippen molar-refractivity contribution in [2.75, 3.05) is 13.6 Å². The molecule has 2 rings (SSSR count). The SMILES string of the molecule is CC(=O)NCCCC[C@H](C(=O)NO)N(C)C(=O)C1(c2cnc(C)s2)CC1. The van der Waals surface area contributed by atoms with Gasteiger partial charge in [0, 0.05) is 31.6 Å². The van der Waals surface area contributed by atoms with Crippen LogP contribution in [0.15, 0.2) is 6.20 Å². The molecule has 8 nitrogen and oxygen atoms in total. The first-order valence-electron chi connectivity index (χ1n) is 8.70. The van der Waals surface area contributed by atoms with E-state index in [0.29, 0.717) is 25.8 Å². The highest BCUT2D eigenvalue weighted by molar-refractivity contribution is 7.11. The predicted octanol–water partition coefficient (Wildman–Crippen LogP) is 1.12. The molecule has 26 heavy (non-hydrogen) atoms. The largest absolute Gasteiger partial charge is 0.356 e. The van der Waals surface area contributed by atoms with E-state index in [0.717, 1.165) is 22.7 Å². The van der Waals surface area contributed by atoms with Crippen LogP contribution in [0.2, 0.25) is 0 Å². The summed E-state index contributed by atoms with van der Waals surface area (Å²) in [5.41, 5.74) is 1.08. The predicted molar refractivity (Wildman–Crippen MR) is 96.8 cm³/mol. The van der Waals surface area contributed by atoms with Gasteiger partial charge in [-0.15, -0.1) is 11.3 Å². The van der Waals surface area contributed by atoms with E-state index < -0.39 is 17.4 Å². The zero-order valence-corrected chi connectivity index (χ0v) is 16.2. The second-order valence-corrected chi connectivity index (χ2v) is 7.95. The van der Waals surface area contributed by atoms with E-state index in [1.54, 1.807) is 18.7 Å². The van der Waals surface area contributed by atoms with Crippen LogP contribution in [-0.4, -0.2) is 52.4 Å². The summed E-state index contributed by atoms with van der Waals surface area (Å²) in [7, 11) is 1.60. The molecule has 1 atom stereocenters. The van der Waals surface area contributed by atoms with E-state index in [4.69, 9.17) is 5.21 Å². The maximum absolute atomic E-state index is 13.1. The summed E-state index contributed by atoms with van der Waals surface area (Å²) in [6.07, 6.45) is 4.97. The Kier molecular flexibility index (Phi) is 6.71. The minimum atomic E-state index is -0.753. The topological polar surface area (TPSA) is 112 Å². The van der Waals surface area contributed by atoms with Gasteiger partial charge in [-0.3, -0.25) is 19.6 Å². The molecule has 144 valence electrons. The summed E-state index contributed by atoms with van der Waals surface area (Å²) in [5, 5.41) is 12.7. The number of nitrogens with zero attached hydrogens (tertiary/aromatic N) is 2. The number of thiazole rings is 1. The van der Waals surface area contributed by atoms with Gasteiger partial charge in [0.15, 0.2) is 0 Å². The maximum atomic E-state index is 13.1. The number of likely N-dealkylation sites (N-methyl/N-ethyl adjacent to an activating group) is 1. The van der Waals surface area contributed by atoms with Gasteiger partial charge in [-0.05, 0) is 39.0 Å². The third-order valence-corrected chi connectivity index (χ3v) is 5.85. The lowest BCUT2D eigenvalue weighted by molar-refractivity contribution is -0.144. The molecule has 0 aliphatic heterocycles. The van der Waals surface area contributed by atoms with Gasteiger partial charge in [0.05, 0.1) is 10.4 Å². The van der Waals surface area contributed by atoms with Crippen LogP contribution in [0.5, 0.6) is 0 Å². The Hall–Kier alpha value is -2.00. The summed E-state index contributed by atoms with van der Waals surface area (Å²) in [4.78, 5) is 42.6. The third-order valence-electron chi connectivity index (χ3n) is 4.73. The van der Waals surface area contributed by atoms with Crippen LogP contribution in [0.25, 0.3) is 0 Å². The standard InChI is InChI=1S/C17H26N4O4S/c1-11(22)18-9-5-4-6-13(15(23)20-25)21(3)16(24)17(7-8-17)14-10-19-12(2)26-14/h10,13,25H,4-9H2,1-3H3,(H,18,22)(H,20,23)/t13-/m1/s1.